The molecule has 1 aliphatic rings. The normalized spacial score (nSPS) is 17.0. The zero-order chi connectivity index (χ0) is 16.8. The monoisotopic (exact) mass is 342 g/mol. The van der Waals surface area contributed by atoms with Crippen molar-refractivity contribution in [3.63, 3.8) is 0 Å². The Morgan fingerprint density at radius 1 is 1.33 bits per heavy atom. The van der Waals surface area contributed by atoms with Crippen LogP contribution in [0.4, 0.5) is 0 Å². The molecule has 4 rings (SSSR count). The van der Waals surface area contributed by atoms with Gasteiger partial charge in [0.2, 0.25) is 0 Å². The fourth-order valence-electron chi connectivity index (χ4n) is 3.40. The molecule has 0 unspecified atom stereocenters. The molecule has 3 aromatic rings. The maximum absolute atomic E-state index is 12.9. The van der Waals surface area contributed by atoms with E-state index in [2.05, 4.69) is 15.0 Å². The second-order valence-electron chi connectivity index (χ2n) is 6.21. The van der Waals surface area contributed by atoms with Gasteiger partial charge in [0.15, 0.2) is 0 Å². The number of fused-ring (bicyclic) bond motifs is 2. The van der Waals surface area contributed by atoms with Gasteiger partial charge in [0.25, 0.3) is 5.91 Å². The van der Waals surface area contributed by atoms with Gasteiger partial charge in [-0.2, -0.15) is 0 Å². The van der Waals surface area contributed by atoms with Crippen LogP contribution in [0.15, 0.2) is 23.0 Å². The highest BCUT2D eigenvalue weighted by Gasteiger charge is 2.30. The number of nitrogens with zero attached hydrogens (tertiary/aromatic N) is 2. The molecule has 24 heavy (non-hydrogen) atoms. The molecule has 2 aromatic heterocycles. The fraction of sp³-hybridized carbons (Fsp3) is 0.353. The molecule has 0 bridgehead atoms. The van der Waals surface area contributed by atoms with Crippen LogP contribution in [0.2, 0.25) is 0 Å². The fourth-order valence-corrected chi connectivity index (χ4v) is 4.55. The number of hydrogen-bond acceptors (Lipinski definition) is 4. The van der Waals surface area contributed by atoms with Gasteiger partial charge in [-0.25, -0.2) is 9.78 Å². The molecule has 1 atom stereocenters. The predicted molar refractivity (Wildman–Crippen MR) is 93.5 cm³/mol. The third kappa shape index (κ3) is 2.45. The molecule has 0 radical (unpaired) electrons. The van der Waals surface area contributed by atoms with Gasteiger partial charge in [0, 0.05) is 12.6 Å². The first kappa shape index (κ1) is 15.1. The number of carbonyl (C=O) groups is 1. The maximum Gasteiger partial charge on any atom is 0.323 e. The highest BCUT2D eigenvalue weighted by atomic mass is 32.1. The van der Waals surface area contributed by atoms with E-state index in [0.29, 0.717) is 16.6 Å². The van der Waals surface area contributed by atoms with E-state index in [4.69, 9.17) is 0 Å². The first-order valence-corrected chi connectivity index (χ1v) is 8.80. The lowest BCUT2D eigenvalue weighted by Crippen LogP contribution is -2.32. The number of nitrogens with one attached hydrogen (secondary N) is 2. The van der Waals surface area contributed by atoms with E-state index < -0.39 is 0 Å². The molecule has 2 N–H and O–H groups in total. The smallest absolute Gasteiger partial charge is 0.323 e. The van der Waals surface area contributed by atoms with Crippen LogP contribution in [0.25, 0.3) is 11.0 Å². The van der Waals surface area contributed by atoms with Gasteiger partial charge >= 0.3 is 5.69 Å². The van der Waals surface area contributed by atoms with Crippen LogP contribution in [-0.2, 0) is 6.42 Å². The zero-order valence-electron chi connectivity index (χ0n) is 13.5. The lowest BCUT2D eigenvalue weighted by molar-refractivity contribution is 0.0718. The number of hydrogen-bond donors (Lipinski definition) is 2. The van der Waals surface area contributed by atoms with Crippen molar-refractivity contribution in [3.8, 4) is 0 Å². The summed E-state index contributed by atoms with van der Waals surface area (Å²) in [6.07, 6.45) is 3.00. The number of benzene rings is 1. The van der Waals surface area contributed by atoms with E-state index in [9.17, 15) is 9.59 Å². The molecule has 1 aromatic carbocycles. The molecule has 1 amide bonds. The van der Waals surface area contributed by atoms with Crippen molar-refractivity contribution in [2.45, 2.75) is 32.2 Å². The molecule has 124 valence electrons. The molecule has 0 fully saturated rings. The van der Waals surface area contributed by atoms with E-state index in [-0.39, 0.29) is 17.6 Å². The van der Waals surface area contributed by atoms with Crippen molar-refractivity contribution < 1.29 is 4.79 Å². The van der Waals surface area contributed by atoms with Crippen molar-refractivity contribution in [1.82, 2.24) is 19.9 Å². The molecule has 7 heteroatoms. The third-order valence-corrected chi connectivity index (χ3v) is 5.69. The maximum atomic E-state index is 12.9. The average molecular weight is 342 g/mol. The Balaban J connectivity index is 1.67. The first-order chi connectivity index (χ1) is 11.5. The Labute approximate surface area is 142 Å². The topological polar surface area (TPSA) is 81.8 Å². The minimum absolute atomic E-state index is 0.0390. The van der Waals surface area contributed by atoms with Crippen LogP contribution in [0.5, 0.6) is 0 Å². The Bertz CT molecular complexity index is 984. The summed E-state index contributed by atoms with van der Waals surface area (Å²) in [5.74, 6) is -0.0390. The van der Waals surface area contributed by atoms with Gasteiger partial charge in [0.05, 0.1) is 32.7 Å². The van der Waals surface area contributed by atoms with E-state index >= 15 is 0 Å². The summed E-state index contributed by atoms with van der Waals surface area (Å²) < 4.78 is 0. The Hall–Kier alpha value is -2.41. The summed E-state index contributed by atoms with van der Waals surface area (Å²) in [7, 11) is 1.85. The number of aromatic nitrogens is 3. The summed E-state index contributed by atoms with van der Waals surface area (Å²) in [5.41, 5.74) is 2.81. The SMILES string of the molecule is Cc1nc2c(s1)[C@@H](N(C)C(=O)c1ccc3[nH]c(=O)[nH]c3c1)CCC2. The Morgan fingerprint density at radius 3 is 2.96 bits per heavy atom. The largest absolute Gasteiger partial charge is 0.334 e. The zero-order valence-corrected chi connectivity index (χ0v) is 14.4. The van der Waals surface area contributed by atoms with Gasteiger partial charge in [-0.1, -0.05) is 0 Å². The quantitative estimate of drug-likeness (QED) is 0.751. The van der Waals surface area contributed by atoms with E-state index in [1.807, 2.05) is 18.9 Å². The van der Waals surface area contributed by atoms with E-state index in [0.717, 1.165) is 30.0 Å². The second kappa shape index (κ2) is 5.59. The highest BCUT2D eigenvalue weighted by molar-refractivity contribution is 7.11. The average Bonchev–Trinajstić information content (AvgIpc) is 3.12. The van der Waals surface area contributed by atoms with Crippen molar-refractivity contribution in [2.75, 3.05) is 7.05 Å². The highest BCUT2D eigenvalue weighted by Crippen LogP contribution is 2.37. The number of amides is 1. The van der Waals surface area contributed by atoms with Crippen LogP contribution in [0.3, 0.4) is 0 Å². The summed E-state index contributed by atoms with van der Waals surface area (Å²) in [6.45, 7) is 2.01. The molecular formula is C17H18N4O2S. The molecule has 0 saturated heterocycles. The van der Waals surface area contributed by atoms with Gasteiger partial charge in [0.1, 0.15) is 0 Å². The van der Waals surface area contributed by atoms with E-state index in [1.54, 1.807) is 29.5 Å². The molecule has 2 heterocycles. The standard InChI is InChI=1S/C17H18N4O2S/c1-9-18-12-4-3-5-14(15(12)24-9)21(2)16(22)10-6-7-11-13(8-10)20-17(23)19-11/h6-8,14H,3-5H2,1-2H3,(H2,19,20,23)/t14-/m0/s1. The Kier molecular flexibility index (Phi) is 3.53. The minimum atomic E-state index is -0.264. The predicted octanol–water partition coefficient (Wildman–Crippen LogP) is 2.77. The van der Waals surface area contributed by atoms with Crippen molar-refractivity contribution in [1.29, 1.82) is 0 Å². The summed E-state index contributed by atoms with van der Waals surface area (Å²) >= 11 is 1.69. The molecule has 6 nitrogen and oxygen atoms in total. The van der Waals surface area contributed by atoms with Crippen LogP contribution in [0.1, 0.15) is 44.8 Å². The molecule has 1 aliphatic carbocycles. The lowest BCUT2D eigenvalue weighted by atomic mass is 9.96. The number of imidazole rings is 1. The van der Waals surface area contributed by atoms with Crippen LogP contribution in [0, 0.1) is 6.92 Å². The summed E-state index contributed by atoms with van der Waals surface area (Å²) in [5, 5.41) is 1.05. The number of carbonyl (C=O) groups excluding carboxylic acids is 1. The van der Waals surface area contributed by atoms with Gasteiger partial charge in [-0.3, -0.25) is 4.79 Å². The van der Waals surface area contributed by atoms with Gasteiger partial charge in [-0.05, 0) is 44.4 Å². The first-order valence-electron chi connectivity index (χ1n) is 7.98. The summed E-state index contributed by atoms with van der Waals surface area (Å²) in [4.78, 5) is 37.3. The van der Waals surface area contributed by atoms with Crippen LogP contribution in [-0.4, -0.2) is 32.8 Å². The van der Waals surface area contributed by atoms with Crippen molar-refractivity contribution in [2.24, 2.45) is 0 Å². The van der Waals surface area contributed by atoms with Gasteiger partial charge < -0.3 is 14.9 Å². The number of rotatable bonds is 2. The third-order valence-electron chi connectivity index (χ3n) is 4.58. The lowest BCUT2D eigenvalue weighted by Gasteiger charge is -2.30. The summed E-state index contributed by atoms with van der Waals surface area (Å²) in [6, 6.07) is 5.33. The minimum Gasteiger partial charge on any atom is -0.334 e. The van der Waals surface area contributed by atoms with E-state index in [1.165, 1.54) is 4.88 Å². The van der Waals surface area contributed by atoms with Crippen LogP contribution >= 0.6 is 11.3 Å². The molecule has 0 saturated carbocycles. The van der Waals surface area contributed by atoms with Crippen molar-refractivity contribution in [3.05, 3.63) is 49.8 Å². The molecular weight excluding hydrogens is 324 g/mol. The number of aromatic amines is 2. The van der Waals surface area contributed by atoms with Gasteiger partial charge in [-0.15, -0.1) is 11.3 Å². The number of aryl methyl sites for hydroxylation is 2. The van der Waals surface area contributed by atoms with Crippen LogP contribution < -0.4 is 5.69 Å². The number of thiazole rings is 1. The second-order valence-corrected chi connectivity index (χ2v) is 7.44. The molecule has 0 aliphatic heterocycles. The Morgan fingerprint density at radius 2 is 2.12 bits per heavy atom. The van der Waals surface area contributed by atoms with Crippen molar-refractivity contribution >= 4 is 28.3 Å². The molecule has 0 spiro atoms. The number of H-pyrrole nitrogens is 2.